The highest BCUT2D eigenvalue weighted by Gasteiger charge is 2.63. The third kappa shape index (κ3) is 9.57. The molecule has 1 aromatic rings. The normalized spacial score (nSPS) is 32.5. The first-order valence-electron chi connectivity index (χ1n) is 22.3. The van der Waals surface area contributed by atoms with E-state index in [-0.39, 0.29) is 58.1 Å². The van der Waals surface area contributed by atoms with Gasteiger partial charge in [-0.3, -0.25) is 14.4 Å². The number of rotatable bonds is 9. The molecule has 0 radical (unpaired) electrons. The van der Waals surface area contributed by atoms with Crippen molar-refractivity contribution in [1.82, 2.24) is 5.32 Å². The van der Waals surface area contributed by atoms with E-state index in [4.69, 9.17) is 21.1 Å². The maximum atomic E-state index is 13.5. The number of carbonyl (C=O) groups is 3. The van der Waals surface area contributed by atoms with Crippen LogP contribution in [0.5, 0.6) is 0 Å². The first-order chi connectivity index (χ1) is 26.3. The average Bonchev–Trinajstić information content (AvgIpc) is 3.48. The molecule has 5 rings (SSSR count). The number of allylic oxidation sites excluding steroid dienone is 3. The number of hydrogen-bond acceptors (Lipinski definition) is 5. The van der Waals surface area contributed by atoms with E-state index >= 15 is 0 Å². The van der Waals surface area contributed by atoms with E-state index in [0.717, 1.165) is 63.4 Å². The van der Waals surface area contributed by atoms with Gasteiger partial charge in [-0.25, -0.2) is 0 Å². The lowest BCUT2D eigenvalue weighted by Crippen LogP contribution is -2.57. The topological polar surface area (TPSA) is 81.7 Å². The molecule has 0 spiro atoms. The lowest BCUT2D eigenvalue weighted by Gasteiger charge is -2.65. The van der Waals surface area contributed by atoms with Gasteiger partial charge in [0.2, 0.25) is 5.91 Å². The van der Waals surface area contributed by atoms with Gasteiger partial charge < -0.3 is 14.8 Å². The monoisotopic (exact) mass is 806 g/mol. The molecule has 1 aromatic carbocycles. The quantitative estimate of drug-likeness (QED) is 0.153. The van der Waals surface area contributed by atoms with Gasteiger partial charge in [-0.2, -0.15) is 0 Å². The third-order valence-electron chi connectivity index (χ3n) is 15.5. The first kappa shape index (κ1) is 45.5. The Bertz CT molecular complexity index is 1720. The summed E-state index contributed by atoms with van der Waals surface area (Å²) in [6, 6.07) is 7.59. The Balaban J connectivity index is 1.35. The van der Waals surface area contributed by atoms with Gasteiger partial charge >= 0.3 is 11.9 Å². The Morgan fingerprint density at radius 2 is 1.61 bits per heavy atom. The molecule has 6 nitrogen and oxygen atoms in total. The summed E-state index contributed by atoms with van der Waals surface area (Å²) in [4.78, 5) is 40.0. The van der Waals surface area contributed by atoms with Gasteiger partial charge in [0.05, 0.1) is 17.9 Å². The Kier molecular flexibility index (Phi) is 13.4. The number of hydrogen-bond donors (Lipinski definition) is 1. The molecular formula is C50H76ClNO5. The van der Waals surface area contributed by atoms with Gasteiger partial charge in [-0.15, -0.1) is 0 Å². The van der Waals surface area contributed by atoms with Crippen LogP contribution in [0.1, 0.15) is 179 Å². The third-order valence-corrected chi connectivity index (χ3v) is 15.8. The predicted octanol–water partition coefficient (Wildman–Crippen LogP) is 12.9. The largest absolute Gasteiger partial charge is 0.462 e. The van der Waals surface area contributed by atoms with Crippen molar-refractivity contribution < 1.29 is 23.9 Å². The van der Waals surface area contributed by atoms with Crippen molar-refractivity contribution in [3.8, 4) is 0 Å². The molecule has 4 aliphatic carbocycles. The van der Waals surface area contributed by atoms with Gasteiger partial charge in [0.1, 0.15) is 11.7 Å². The van der Waals surface area contributed by atoms with Crippen molar-refractivity contribution in [2.24, 2.45) is 50.7 Å². The average molecular weight is 807 g/mol. The van der Waals surface area contributed by atoms with Crippen LogP contribution in [0.4, 0.5) is 0 Å². The molecule has 318 valence electrons. The van der Waals surface area contributed by atoms with E-state index in [0.29, 0.717) is 28.7 Å². The maximum Gasteiger partial charge on any atom is 0.312 e. The molecule has 7 heteroatoms. The van der Waals surface area contributed by atoms with Gasteiger partial charge in [-0.1, -0.05) is 95.8 Å². The molecule has 0 aromatic heterocycles. The summed E-state index contributed by atoms with van der Waals surface area (Å²) in [6.07, 6.45) is 15.8. The van der Waals surface area contributed by atoms with Crippen molar-refractivity contribution in [2.75, 3.05) is 0 Å². The zero-order valence-electron chi connectivity index (χ0n) is 37.8. The van der Waals surface area contributed by atoms with E-state index in [1.807, 2.05) is 58.0 Å². The number of amides is 1. The Morgan fingerprint density at radius 1 is 0.912 bits per heavy atom. The second-order valence-corrected chi connectivity index (χ2v) is 22.3. The fourth-order valence-electron chi connectivity index (χ4n) is 11.9. The van der Waals surface area contributed by atoms with Gasteiger partial charge in [0.25, 0.3) is 0 Å². The minimum Gasteiger partial charge on any atom is -0.462 e. The van der Waals surface area contributed by atoms with Crippen LogP contribution in [-0.2, 0) is 23.9 Å². The standard InChI is InChI=1S/C50H76ClNO5/c1-32(2)37-22-26-50(27-23-41(53)52-34(4)35-16-14-17-36(51)30-35)29-28-49(13)39(43(37)50)20-19-38-33(3)18-21-40(46(8,9)24-15-25-48(38,49)12)56-42(54)31-47(10,11)44(55)57-45(5,6)7/h14,16-17,23,27,30,32-34,38-40H,15,18-22,24-26,28-29,31H2,1-13H3,(H,52,53). The molecule has 0 heterocycles. The van der Waals surface area contributed by atoms with E-state index < -0.39 is 11.0 Å². The van der Waals surface area contributed by atoms with Crippen molar-refractivity contribution in [1.29, 1.82) is 0 Å². The molecule has 4 aliphatic rings. The molecule has 3 fully saturated rings. The van der Waals surface area contributed by atoms with Crippen LogP contribution in [0.3, 0.4) is 0 Å². The fourth-order valence-corrected chi connectivity index (χ4v) is 12.1. The second-order valence-electron chi connectivity index (χ2n) is 21.9. The highest BCUT2D eigenvalue weighted by atomic mass is 35.5. The van der Waals surface area contributed by atoms with Crippen LogP contribution in [0.15, 0.2) is 47.6 Å². The highest BCUT2D eigenvalue weighted by molar-refractivity contribution is 6.30. The van der Waals surface area contributed by atoms with Crippen LogP contribution < -0.4 is 5.32 Å². The molecule has 57 heavy (non-hydrogen) atoms. The number of esters is 2. The minimum atomic E-state index is -0.964. The molecule has 8 atom stereocenters. The van der Waals surface area contributed by atoms with Gasteiger partial charge in [0, 0.05) is 15.9 Å². The van der Waals surface area contributed by atoms with Crippen molar-refractivity contribution in [3.63, 3.8) is 0 Å². The lowest BCUT2D eigenvalue weighted by molar-refractivity contribution is -0.174. The molecule has 0 saturated heterocycles. The summed E-state index contributed by atoms with van der Waals surface area (Å²) in [5, 5.41) is 3.88. The number of benzene rings is 1. The fraction of sp³-hybridized carbons (Fsp3) is 0.740. The lowest BCUT2D eigenvalue weighted by atomic mass is 9.39. The Morgan fingerprint density at radius 3 is 2.26 bits per heavy atom. The number of fused-ring (bicyclic) bond motifs is 5. The molecule has 0 aliphatic heterocycles. The van der Waals surface area contributed by atoms with E-state index in [1.54, 1.807) is 25.0 Å². The van der Waals surface area contributed by atoms with Gasteiger partial charge in [-0.05, 0) is 164 Å². The van der Waals surface area contributed by atoms with Crippen LogP contribution in [0, 0.1) is 50.7 Å². The molecule has 1 N–H and O–H groups in total. The number of carbonyl (C=O) groups excluding carboxylic acids is 3. The summed E-state index contributed by atoms with van der Waals surface area (Å²) in [6.45, 7) is 28.1. The van der Waals surface area contributed by atoms with Gasteiger partial charge in [0.15, 0.2) is 0 Å². The van der Waals surface area contributed by atoms with Crippen LogP contribution >= 0.6 is 11.6 Å². The Hall–Kier alpha value is -2.60. The molecule has 1 amide bonds. The van der Waals surface area contributed by atoms with Crippen molar-refractivity contribution >= 4 is 29.4 Å². The van der Waals surface area contributed by atoms with Crippen LogP contribution in [-0.4, -0.2) is 29.6 Å². The SMILES string of the molecule is CC(C)C1=C2C3CCC4C(C)CCC(OC(=O)CC(C)(C)C(=O)OC(C)(C)C)C(C)(C)CCCC4(C)C3(C)CCC2(C=CC(=O)NC(C)c2cccc(Cl)c2)CC1. The zero-order chi connectivity index (χ0) is 42.4. The van der Waals surface area contributed by atoms with Crippen molar-refractivity contribution in [3.05, 3.63) is 58.1 Å². The van der Waals surface area contributed by atoms with E-state index in [2.05, 4.69) is 59.9 Å². The predicted molar refractivity (Wildman–Crippen MR) is 232 cm³/mol. The summed E-state index contributed by atoms with van der Waals surface area (Å²) < 4.78 is 12.0. The first-order valence-corrected chi connectivity index (χ1v) is 22.6. The molecule has 8 unspecified atom stereocenters. The van der Waals surface area contributed by atoms with E-state index in [9.17, 15) is 14.4 Å². The second kappa shape index (κ2) is 16.8. The molecule has 3 saturated carbocycles. The van der Waals surface area contributed by atoms with E-state index in [1.165, 1.54) is 12.8 Å². The number of nitrogens with one attached hydrogen (secondary N) is 1. The minimum absolute atomic E-state index is 0.00217. The molecule has 0 bridgehead atoms. The zero-order valence-corrected chi connectivity index (χ0v) is 38.6. The summed E-state index contributed by atoms with van der Waals surface area (Å²) in [5.74, 6) is 1.31. The summed E-state index contributed by atoms with van der Waals surface area (Å²) in [7, 11) is 0. The number of halogens is 1. The number of ether oxygens (including phenoxy) is 2. The van der Waals surface area contributed by atoms with Crippen molar-refractivity contribution in [2.45, 2.75) is 185 Å². The summed E-state index contributed by atoms with van der Waals surface area (Å²) in [5.41, 5.74) is 2.77. The summed E-state index contributed by atoms with van der Waals surface area (Å²) >= 11 is 6.26. The molecular weight excluding hydrogens is 730 g/mol. The maximum absolute atomic E-state index is 13.5. The highest BCUT2D eigenvalue weighted by Crippen LogP contribution is 2.72. The van der Waals surface area contributed by atoms with Crippen LogP contribution in [0.25, 0.3) is 0 Å². The van der Waals surface area contributed by atoms with Crippen LogP contribution in [0.2, 0.25) is 5.02 Å². The Labute approximate surface area is 351 Å². The smallest absolute Gasteiger partial charge is 0.312 e.